The van der Waals surface area contributed by atoms with Crippen molar-refractivity contribution >= 4 is 11.9 Å². The molecule has 0 aromatic rings. The number of nitrogens with zero attached hydrogens (tertiary/aromatic N) is 1. The van der Waals surface area contributed by atoms with Crippen LogP contribution in [0.3, 0.4) is 0 Å². The fourth-order valence-electron chi connectivity index (χ4n) is 1.08. The number of nitro groups is 1. The predicted molar refractivity (Wildman–Crippen MR) is 44.5 cm³/mol. The van der Waals surface area contributed by atoms with Crippen LogP contribution >= 0.6 is 0 Å². The first-order valence-electron chi connectivity index (χ1n) is 3.59. The molecule has 0 saturated heterocycles. The van der Waals surface area contributed by atoms with Crippen molar-refractivity contribution in [2.45, 2.75) is 0 Å². The second-order valence-corrected chi connectivity index (χ2v) is 2.53. The van der Waals surface area contributed by atoms with Crippen LogP contribution < -0.4 is 0 Å². The first-order valence-corrected chi connectivity index (χ1v) is 3.59. The van der Waals surface area contributed by atoms with Crippen LogP contribution in [0.15, 0.2) is 29.5 Å². The molecule has 1 N–H and O–H groups in total. The maximum absolute atomic E-state index is 10.6. The fraction of sp³-hybridized carbons (Fsp3) is 0.125. The molecule has 1 atom stereocenters. The summed E-state index contributed by atoms with van der Waals surface area (Å²) < 4.78 is 0. The summed E-state index contributed by atoms with van der Waals surface area (Å²) in [6, 6.07) is 0. The number of allylic oxidation sites excluding steroid dienone is 3. The maximum atomic E-state index is 10.6. The SMILES string of the molecule is O=C=C1C([N+](=O)[O-])=CC=CC1C(=O)O. The van der Waals surface area contributed by atoms with Crippen molar-refractivity contribution in [1.29, 1.82) is 0 Å². The Labute approximate surface area is 78.0 Å². The van der Waals surface area contributed by atoms with E-state index in [1.807, 2.05) is 0 Å². The van der Waals surface area contributed by atoms with Crippen molar-refractivity contribution in [2.75, 3.05) is 0 Å². The zero-order valence-corrected chi connectivity index (χ0v) is 6.84. The Morgan fingerprint density at radius 3 is 2.71 bits per heavy atom. The summed E-state index contributed by atoms with van der Waals surface area (Å²) in [6.45, 7) is 0. The fourth-order valence-corrected chi connectivity index (χ4v) is 1.08. The minimum absolute atomic E-state index is 0.454. The summed E-state index contributed by atoms with van der Waals surface area (Å²) in [7, 11) is 0. The van der Waals surface area contributed by atoms with Crippen molar-refractivity contribution in [3.63, 3.8) is 0 Å². The number of carbonyl (C=O) groups is 1. The average molecular weight is 195 g/mol. The van der Waals surface area contributed by atoms with Crippen molar-refractivity contribution < 1.29 is 19.6 Å². The van der Waals surface area contributed by atoms with Crippen molar-refractivity contribution in [3.05, 3.63) is 39.6 Å². The van der Waals surface area contributed by atoms with Gasteiger partial charge in [0.25, 0.3) is 5.70 Å². The lowest BCUT2D eigenvalue weighted by Crippen LogP contribution is -2.20. The summed E-state index contributed by atoms with van der Waals surface area (Å²) in [5.74, 6) is -1.30. The molecule has 0 bridgehead atoms. The molecule has 1 rings (SSSR count). The van der Waals surface area contributed by atoms with Crippen LogP contribution in [0.5, 0.6) is 0 Å². The van der Waals surface area contributed by atoms with Gasteiger partial charge in [0.2, 0.25) is 0 Å². The topological polar surface area (TPSA) is 97.5 Å². The molecular weight excluding hydrogens is 190 g/mol. The van der Waals surface area contributed by atoms with E-state index in [0.717, 1.165) is 6.08 Å². The van der Waals surface area contributed by atoms with Gasteiger partial charge in [-0.2, -0.15) is 0 Å². The first-order chi connectivity index (χ1) is 6.57. The number of carbonyl (C=O) groups excluding carboxylic acids is 1. The van der Waals surface area contributed by atoms with Gasteiger partial charge in [0.05, 0.1) is 4.92 Å². The Hall–Kier alpha value is -2.20. The van der Waals surface area contributed by atoms with E-state index < -0.39 is 28.1 Å². The molecule has 6 heteroatoms. The van der Waals surface area contributed by atoms with Gasteiger partial charge in [0.1, 0.15) is 17.4 Å². The Balaban J connectivity index is 3.19. The molecule has 0 aromatic heterocycles. The van der Waals surface area contributed by atoms with Crippen LogP contribution in [0.1, 0.15) is 0 Å². The molecule has 1 unspecified atom stereocenters. The van der Waals surface area contributed by atoms with Crippen molar-refractivity contribution in [1.82, 2.24) is 0 Å². The standard InChI is InChI=1S/C8H5NO5/c10-4-6-5(8(11)12)2-1-3-7(6)9(13)14/h1-3,5H,(H,11,12). The van der Waals surface area contributed by atoms with E-state index in [1.165, 1.54) is 18.1 Å². The predicted octanol–water partition coefficient (Wildman–Crippen LogP) is 0.176. The summed E-state index contributed by atoms with van der Waals surface area (Å²) in [5.41, 5.74) is -0.972. The van der Waals surface area contributed by atoms with Crippen molar-refractivity contribution in [2.24, 2.45) is 5.92 Å². The Morgan fingerprint density at radius 1 is 1.64 bits per heavy atom. The molecule has 0 spiro atoms. The molecule has 0 aromatic carbocycles. The quantitative estimate of drug-likeness (QED) is 0.385. The molecule has 0 saturated carbocycles. The van der Waals surface area contributed by atoms with Gasteiger partial charge in [-0.05, 0) is 0 Å². The molecule has 6 nitrogen and oxygen atoms in total. The average Bonchev–Trinajstić information content (AvgIpc) is 2.16. The van der Waals surface area contributed by atoms with E-state index in [0.29, 0.717) is 0 Å². The normalized spacial score (nSPS) is 19.9. The van der Waals surface area contributed by atoms with E-state index in [-0.39, 0.29) is 0 Å². The zero-order valence-electron chi connectivity index (χ0n) is 6.84. The zero-order chi connectivity index (χ0) is 10.7. The van der Waals surface area contributed by atoms with Crippen LogP contribution in [0.4, 0.5) is 0 Å². The van der Waals surface area contributed by atoms with Crippen LogP contribution in [0.2, 0.25) is 0 Å². The third kappa shape index (κ3) is 1.60. The Kier molecular flexibility index (Phi) is 2.59. The van der Waals surface area contributed by atoms with Crippen LogP contribution in [-0.4, -0.2) is 21.9 Å². The van der Waals surface area contributed by atoms with Gasteiger partial charge in [0, 0.05) is 6.08 Å². The summed E-state index contributed by atoms with van der Waals surface area (Å²) in [6.07, 6.45) is 3.49. The van der Waals surface area contributed by atoms with Crippen LogP contribution in [0.25, 0.3) is 0 Å². The molecule has 0 aliphatic heterocycles. The molecule has 0 radical (unpaired) electrons. The van der Waals surface area contributed by atoms with Gasteiger partial charge in [-0.3, -0.25) is 14.9 Å². The van der Waals surface area contributed by atoms with Gasteiger partial charge in [0.15, 0.2) is 0 Å². The minimum atomic E-state index is -1.31. The molecule has 0 fully saturated rings. The highest BCUT2D eigenvalue weighted by atomic mass is 16.6. The molecule has 72 valence electrons. The van der Waals surface area contributed by atoms with Gasteiger partial charge >= 0.3 is 5.97 Å². The monoisotopic (exact) mass is 195 g/mol. The van der Waals surface area contributed by atoms with E-state index in [4.69, 9.17) is 5.11 Å². The second kappa shape index (κ2) is 3.68. The lowest BCUT2D eigenvalue weighted by molar-refractivity contribution is -0.421. The second-order valence-electron chi connectivity index (χ2n) is 2.53. The maximum Gasteiger partial charge on any atom is 0.315 e. The van der Waals surface area contributed by atoms with E-state index >= 15 is 0 Å². The van der Waals surface area contributed by atoms with Gasteiger partial charge in [-0.25, -0.2) is 4.79 Å². The van der Waals surface area contributed by atoms with Crippen LogP contribution in [0, 0.1) is 16.0 Å². The largest absolute Gasteiger partial charge is 0.481 e. The minimum Gasteiger partial charge on any atom is -0.481 e. The van der Waals surface area contributed by atoms with E-state index in [2.05, 4.69) is 0 Å². The highest BCUT2D eigenvalue weighted by Gasteiger charge is 2.32. The molecule has 1 aliphatic carbocycles. The number of hydrogen-bond acceptors (Lipinski definition) is 4. The molecule has 0 amide bonds. The third-order valence-corrected chi connectivity index (χ3v) is 1.72. The number of aliphatic carboxylic acids is 1. The summed E-state index contributed by atoms with van der Waals surface area (Å²) >= 11 is 0. The van der Waals surface area contributed by atoms with Gasteiger partial charge in [-0.1, -0.05) is 12.2 Å². The number of hydrogen-bond donors (Lipinski definition) is 1. The van der Waals surface area contributed by atoms with Crippen molar-refractivity contribution in [3.8, 4) is 0 Å². The Bertz CT molecular complexity index is 400. The Morgan fingerprint density at radius 2 is 2.29 bits per heavy atom. The van der Waals surface area contributed by atoms with E-state index in [1.54, 1.807) is 0 Å². The molecule has 14 heavy (non-hydrogen) atoms. The smallest absolute Gasteiger partial charge is 0.315 e. The number of carboxylic acid groups (broad SMARTS) is 1. The summed E-state index contributed by atoms with van der Waals surface area (Å²) in [4.78, 5) is 30.6. The van der Waals surface area contributed by atoms with Crippen LogP contribution in [-0.2, 0) is 9.59 Å². The highest BCUT2D eigenvalue weighted by Crippen LogP contribution is 2.23. The molecule has 1 aliphatic rings. The lowest BCUT2D eigenvalue weighted by atomic mass is 9.93. The highest BCUT2D eigenvalue weighted by molar-refractivity contribution is 5.83. The summed E-state index contributed by atoms with van der Waals surface area (Å²) in [5, 5.41) is 19.0. The van der Waals surface area contributed by atoms with Gasteiger partial charge < -0.3 is 5.11 Å². The first kappa shape index (κ1) is 9.88. The van der Waals surface area contributed by atoms with E-state index in [9.17, 15) is 19.7 Å². The molecule has 0 heterocycles. The number of carboxylic acids is 1. The molecular formula is C8H5NO5. The third-order valence-electron chi connectivity index (χ3n) is 1.72. The lowest BCUT2D eigenvalue weighted by Gasteiger charge is -2.09. The van der Waals surface area contributed by atoms with Gasteiger partial charge in [-0.15, -0.1) is 0 Å². The number of rotatable bonds is 2.